The van der Waals surface area contributed by atoms with Crippen LogP contribution in [0.15, 0.2) is 36.4 Å². The van der Waals surface area contributed by atoms with E-state index in [1.54, 1.807) is 0 Å². The predicted octanol–water partition coefficient (Wildman–Crippen LogP) is 6.39. The summed E-state index contributed by atoms with van der Waals surface area (Å²) in [6.07, 6.45) is 0. The van der Waals surface area contributed by atoms with Gasteiger partial charge in [0, 0.05) is 12.2 Å². The van der Waals surface area contributed by atoms with Gasteiger partial charge in [-0.1, -0.05) is 59.7 Å². The van der Waals surface area contributed by atoms with E-state index < -0.39 is 0 Å². The summed E-state index contributed by atoms with van der Waals surface area (Å²) in [5.74, 6) is 0.993. The fourth-order valence-corrected chi connectivity index (χ4v) is 2.92. The molecule has 0 aliphatic carbocycles. The van der Waals surface area contributed by atoms with E-state index in [4.69, 9.17) is 4.74 Å². The second-order valence-electron chi connectivity index (χ2n) is 9.29. The van der Waals surface area contributed by atoms with Crippen molar-refractivity contribution in [3.63, 3.8) is 0 Å². The highest BCUT2D eigenvalue weighted by Gasteiger charge is 2.23. The standard InChI is InChI=1S/C24H35NO/c1-17-9-11-20(15-18(17)2)25-13-14-26-22-12-10-19(23(3,4)5)16-21(22)24(6,7)8/h9-12,15-16,25H,13-14H2,1-8H3. The van der Waals surface area contributed by atoms with E-state index in [1.807, 2.05) is 0 Å². The van der Waals surface area contributed by atoms with Gasteiger partial charge in [-0.25, -0.2) is 0 Å². The van der Waals surface area contributed by atoms with Crippen LogP contribution in [0.5, 0.6) is 5.75 Å². The number of nitrogens with one attached hydrogen (secondary N) is 1. The maximum atomic E-state index is 6.14. The Labute approximate surface area is 160 Å². The number of hydrogen-bond donors (Lipinski definition) is 1. The molecule has 0 amide bonds. The first-order chi connectivity index (χ1) is 12.0. The third kappa shape index (κ3) is 5.27. The van der Waals surface area contributed by atoms with Crippen molar-refractivity contribution in [3.8, 4) is 5.75 Å². The Bertz CT molecular complexity index is 748. The van der Waals surface area contributed by atoms with Crippen molar-refractivity contribution in [1.82, 2.24) is 0 Å². The highest BCUT2D eigenvalue weighted by Crippen LogP contribution is 2.35. The van der Waals surface area contributed by atoms with Crippen LogP contribution < -0.4 is 10.1 Å². The number of benzene rings is 2. The Hall–Kier alpha value is -1.96. The van der Waals surface area contributed by atoms with Crippen molar-refractivity contribution in [1.29, 1.82) is 0 Å². The van der Waals surface area contributed by atoms with Gasteiger partial charge < -0.3 is 10.1 Å². The molecule has 0 aliphatic rings. The summed E-state index contributed by atoms with van der Waals surface area (Å²) in [4.78, 5) is 0. The lowest BCUT2D eigenvalue weighted by Crippen LogP contribution is -2.19. The molecular formula is C24H35NO. The zero-order valence-corrected chi connectivity index (χ0v) is 17.8. The van der Waals surface area contributed by atoms with Crippen LogP contribution in [0.3, 0.4) is 0 Å². The second kappa shape index (κ2) is 7.73. The number of rotatable bonds is 5. The Morgan fingerprint density at radius 3 is 2.08 bits per heavy atom. The molecule has 2 aromatic rings. The van der Waals surface area contributed by atoms with E-state index >= 15 is 0 Å². The maximum Gasteiger partial charge on any atom is 0.123 e. The lowest BCUT2D eigenvalue weighted by atomic mass is 9.80. The van der Waals surface area contributed by atoms with E-state index in [2.05, 4.69) is 97.1 Å². The lowest BCUT2D eigenvalue weighted by Gasteiger charge is -2.27. The molecule has 2 aromatic carbocycles. The van der Waals surface area contributed by atoms with E-state index in [9.17, 15) is 0 Å². The second-order valence-corrected chi connectivity index (χ2v) is 9.29. The van der Waals surface area contributed by atoms with E-state index in [-0.39, 0.29) is 10.8 Å². The third-order valence-corrected chi connectivity index (χ3v) is 4.85. The van der Waals surface area contributed by atoms with Gasteiger partial charge in [-0.05, 0) is 65.1 Å². The Morgan fingerprint density at radius 1 is 0.808 bits per heavy atom. The van der Waals surface area contributed by atoms with E-state index in [0.29, 0.717) is 6.61 Å². The van der Waals surface area contributed by atoms with Crippen LogP contribution in [0.2, 0.25) is 0 Å². The summed E-state index contributed by atoms with van der Waals surface area (Å²) in [6, 6.07) is 13.1. The molecule has 1 N–H and O–H groups in total. The van der Waals surface area contributed by atoms with Gasteiger partial charge in [0.2, 0.25) is 0 Å². The van der Waals surface area contributed by atoms with Gasteiger partial charge in [-0.15, -0.1) is 0 Å². The SMILES string of the molecule is Cc1ccc(NCCOc2ccc(C(C)(C)C)cc2C(C)(C)C)cc1C. The quantitative estimate of drug-likeness (QED) is 0.629. The number of ether oxygens (including phenoxy) is 1. The van der Waals surface area contributed by atoms with Gasteiger partial charge in [-0.3, -0.25) is 0 Å². The molecule has 0 aromatic heterocycles. The molecular weight excluding hydrogens is 318 g/mol. The molecule has 0 unspecified atom stereocenters. The van der Waals surface area contributed by atoms with Crippen LogP contribution in [-0.2, 0) is 10.8 Å². The summed E-state index contributed by atoms with van der Waals surface area (Å²) in [6.45, 7) is 19.2. The van der Waals surface area contributed by atoms with E-state index in [1.165, 1.54) is 22.3 Å². The van der Waals surface area contributed by atoms with Gasteiger partial charge in [0.05, 0.1) is 0 Å². The average molecular weight is 354 g/mol. The molecule has 26 heavy (non-hydrogen) atoms. The Kier molecular flexibility index (Phi) is 6.05. The molecule has 0 radical (unpaired) electrons. The monoisotopic (exact) mass is 353 g/mol. The van der Waals surface area contributed by atoms with Gasteiger partial charge in [0.1, 0.15) is 12.4 Å². The molecule has 142 valence electrons. The first kappa shape index (κ1) is 20.4. The smallest absolute Gasteiger partial charge is 0.123 e. The molecule has 0 saturated carbocycles. The zero-order chi connectivity index (χ0) is 19.5. The molecule has 0 heterocycles. The Balaban J connectivity index is 2.05. The van der Waals surface area contributed by atoms with Crippen molar-refractivity contribution < 1.29 is 4.74 Å². The first-order valence-corrected chi connectivity index (χ1v) is 9.57. The highest BCUT2D eigenvalue weighted by molar-refractivity contribution is 5.48. The number of anilines is 1. The normalized spacial score (nSPS) is 12.2. The summed E-state index contributed by atoms with van der Waals surface area (Å²) in [5.41, 5.74) is 6.60. The van der Waals surface area contributed by atoms with Crippen LogP contribution in [0.1, 0.15) is 63.8 Å². The van der Waals surface area contributed by atoms with Crippen molar-refractivity contribution in [2.75, 3.05) is 18.5 Å². The summed E-state index contributed by atoms with van der Waals surface area (Å²) < 4.78 is 6.14. The summed E-state index contributed by atoms with van der Waals surface area (Å²) in [5, 5.41) is 3.45. The zero-order valence-electron chi connectivity index (χ0n) is 17.8. The largest absolute Gasteiger partial charge is 0.491 e. The lowest BCUT2D eigenvalue weighted by molar-refractivity contribution is 0.322. The molecule has 0 atom stereocenters. The van der Waals surface area contributed by atoms with Crippen LogP contribution in [0, 0.1) is 13.8 Å². The number of aryl methyl sites for hydroxylation is 2. The van der Waals surface area contributed by atoms with E-state index in [0.717, 1.165) is 18.0 Å². The Morgan fingerprint density at radius 2 is 1.50 bits per heavy atom. The predicted molar refractivity (Wildman–Crippen MR) is 114 cm³/mol. The van der Waals surface area contributed by atoms with Gasteiger partial charge >= 0.3 is 0 Å². The molecule has 2 rings (SSSR count). The summed E-state index contributed by atoms with van der Waals surface area (Å²) in [7, 11) is 0. The summed E-state index contributed by atoms with van der Waals surface area (Å²) >= 11 is 0. The maximum absolute atomic E-state index is 6.14. The van der Waals surface area contributed by atoms with Gasteiger partial charge in [0.25, 0.3) is 0 Å². The van der Waals surface area contributed by atoms with Crippen molar-refractivity contribution in [2.24, 2.45) is 0 Å². The topological polar surface area (TPSA) is 21.3 Å². The molecule has 2 heteroatoms. The minimum Gasteiger partial charge on any atom is -0.491 e. The van der Waals surface area contributed by atoms with Crippen LogP contribution in [0.25, 0.3) is 0 Å². The average Bonchev–Trinajstić information content (AvgIpc) is 2.53. The molecule has 0 bridgehead atoms. The van der Waals surface area contributed by atoms with Crippen LogP contribution >= 0.6 is 0 Å². The fourth-order valence-electron chi connectivity index (χ4n) is 2.92. The molecule has 0 saturated heterocycles. The fraction of sp³-hybridized carbons (Fsp3) is 0.500. The molecule has 0 aliphatic heterocycles. The third-order valence-electron chi connectivity index (χ3n) is 4.85. The molecule has 0 fully saturated rings. The van der Waals surface area contributed by atoms with Crippen molar-refractivity contribution in [3.05, 3.63) is 58.7 Å². The van der Waals surface area contributed by atoms with Crippen molar-refractivity contribution in [2.45, 2.75) is 66.2 Å². The first-order valence-electron chi connectivity index (χ1n) is 9.57. The highest BCUT2D eigenvalue weighted by atomic mass is 16.5. The van der Waals surface area contributed by atoms with Crippen LogP contribution in [0.4, 0.5) is 5.69 Å². The van der Waals surface area contributed by atoms with Crippen molar-refractivity contribution >= 4 is 5.69 Å². The minimum atomic E-state index is 0.0537. The molecule has 2 nitrogen and oxygen atoms in total. The minimum absolute atomic E-state index is 0.0537. The van der Waals surface area contributed by atoms with Crippen LogP contribution in [-0.4, -0.2) is 13.2 Å². The number of hydrogen-bond acceptors (Lipinski definition) is 2. The van der Waals surface area contributed by atoms with Gasteiger partial charge in [-0.2, -0.15) is 0 Å². The molecule has 0 spiro atoms. The van der Waals surface area contributed by atoms with Gasteiger partial charge in [0.15, 0.2) is 0 Å².